The first-order valence-corrected chi connectivity index (χ1v) is 12.5. The summed E-state index contributed by atoms with van der Waals surface area (Å²) in [6.07, 6.45) is 10.5. The van der Waals surface area contributed by atoms with Crippen LogP contribution in [0.2, 0.25) is 0 Å². The van der Waals surface area contributed by atoms with Crippen molar-refractivity contribution in [2.45, 2.75) is 13.8 Å². The molecule has 3 aliphatic heterocycles. The summed E-state index contributed by atoms with van der Waals surface area (Å²) in [5.41, 5.74) is 4.00. The largest absolute Gasteiger partial charge is 0.475 e. The van der Waals surface area contributed by atoms with E-state index in [0.717, 1.165) is 41.9 Å². The zero-order chi connectivity index (χ0) is 26.1. The number of anilines is 2. The average Bonchev–Trinajstić information content (AvgIpc) is 2.95. The molecule has 0 saturated carbocycles. The second-order valence-electron chi connectivity index (χ2n) is 8.88. The minimum atomic E-state index is -0.471. The zero-order valence-electron chi connectivity index (χ0n) is 21.1. The van der Waals surface area contributed by atoms with Crippen molar-refractivity contribution in [3.63, 3.8) is 0 Å². The smallest absolute Gasteiger partial charge is 0.248 e. The molecule has 192 valence electrons. The fourth-order valence-corrected chi connectivity index (χ4v) is 4.74. The first-order valence-electron chi connectivity index (χ1n) is 12.5. The number of hydrazone groups is 1. The molecular formula is C28H27FN7O2+. The highest BCUT2D eigenvalue weighted by atomic mass is 19.1. The molecule has 2 N–H and O–H groups in total. The van der Waals surface area contributed by atoms with Gasteiger partial charge in [0, 0.05) is 30.6 Å². The highest BCUT2D eigenvalue weighted by molar-refractivity contribution is 6.00. The number of hydrogen-bond donors (Lipinski definition) is 2. The van der Waals surface area contributed by atoms with Crippen LogP contribution in [0.1, 0.15) is 13.8 Å². The van der Waals surface area contributed by atoms with Gasteiger partial charge in [-0.25, -0.2) is 19.4 Å². The van der Waals surface area contributed by atoms with E-state index in [1.807, 2.05) is 38.1 Å². The molecule has 0 radical (unpaired) electrons. The van der Waals surface area contributed by atoms with Gasteiger partial charge in [0.25, 0.3) is 0 Å². The molecule has 1 aromatic heterocycles. The highest BCUT2D eigenvalue weighted by Gasteiger charge is 2.32. The van der Waals surface area contributed by atoms with Crippen LogP contribution in [-0.2, 0) is 0 Å². The molecule has 2 aromatic carbocycles. The molecular weight excluding hydrogens is 485 g/mol. The number of aromatic nitrogens is 2. The second-order valence-corrected chi connectivity index (χ2v) is 8.88. The van der Waals surface area contributed by atoms with E-state index in [1.165, 1.54) is 18.1 Å². The summed E-state index contributed by atoms with van der Waals surface area (Å²) in [6.45, 7) is 6.79. The molecule has 4 heterocycles. The SMILES string of the molecule is C/C=N\N1C=CC(Oc2ccc(Nc3ncnc4ccc5c(c34)OCC3=[N+]5CCNC3)c(F)c2)=C/C1=C\C. The van der Waals surface area contributed by atoms with E-state index in [2.05, 4.69) is 30.3 Å². The molecule has 0 aliphatic carbocycles. The monoisotopic (exact) mass is 512 g/mol. The predicted octanol–water partition coefficient (Wildman–Crippen LogP) is 4.59. The fraction of sp³-hybridized carbons (Fsp3) is 0.214. The number of halogens is 1. The zero-order valence-corrected chi connectivity index (χ0v) is 21.1. The van der Waals surface area contributed by atoms with Crippen LogP contribution >= 0.6 is 0 Å². The van der Waals surface area contributed by atoms with E-state index < -0.39 is 5.82 Å². The lowest BCUT2D eigenvalue weighted by Crippen LogP contribution is -2.44. The van der Waals surface area contributed by atoms with Crippen molar-refractivity contribution in [3.05, 3.63) is 78.4 Å². The maximum atomic E-state index is 15.2. The van der Waals surface area contributed by atoms with Crippen molar-refractivity contribution in [1.29, 1.82) is 0 Å². The van der Waals surface area contributed by atoms with Crippen molar-refractivity contribution in [2.24, 2.45) is 5.10 Å². The van der Waals surface area contributed by atoms with E-state index in [4.69, 9.17) is 9.47 Å². The Bertz CT molecular complexity index is 1570. The topological polar surface area (TPSA) is 86.9 Å². The molecule has 0 spiro atoms. The Morgan fingerprint density at radius 2 is 2.16 bits per heavy atom. The van der Waals surface area contributed by atoms with Crippen molar-refractivity contribution in [3.8, 4) is 11.5 Å². The van der Waals surface area contributed by atoms with Crippen LogP contribution in [0.3, 0.4) is 0 Å². The van der Waals surface area contributed by atoms with Gasteiger partial charge in [-0.15, -0.1) is 0 Å². The second kappa shape index (κ2) is 10.1. The molecule has 0 fully saturated rings. The lowest BCUT2D eigenvalue weighted by atomic mass is 10.1. The molecule has 3 aromatic rings. The molecule has 0 bridgehead atoms. The Kier molecular flexibility index (Phi) is 6.30. The van der Waals surface area contributed by atoms with Gasteiger partial charge in [0.1, 0.15) is 29.5 Å². The summed E-state index contributed by atoms with van der Waals surface area (Å²) in [7, 11) is 0. The summed E-state index contributed by atoms with van der Waals surface area (Å²) in [6, 6.07) is 8.66. The lowest BCUT2D eigenvalue weighted by Gasteiger charge is -2.23. The molecule has 10 heteroatoms. The van der Waals surface area contributed by atoms with Gasteiger partial charge in [0.05, 0.1) is 35.4 Å². The summed E-state index contributed by atoms with van der Waals surface area (Å²) in [4.78, 5) is 8.85. The van der Waals surface area contributed by atoms with E-state index in [9.17, 15) is 0 Å². The van der Waals surface area contributed by atoms with Crippen molar-refractivity contribution in [2.75, 3.05) is 31.6 Å². The molecule has 0 saturated heterocycles. The quantitative estimate of drug-likeness (QED) is 0.382. The van der Waals surface area contributed by atoms with Crippen molar-refractivity contribution < 1.29 is 18.4 Å². The predicted molar refractivity (Wildman–Crippen MR) is 145 cm³/mol. The molecule has 9 nitrogen and oxygen atoms in total. The minimum absolute atomic E-state index is 0.269. The van der Waals surface area contributed by atoms with Gasteiger partial charge >= 0.3 is 0 Å². The molecule has 38 heavy (non-hydrogen) atoms. The number of ether oxygens (including phenoxy) is 2. The summed E-state index contributed by atoms with van der Waals surface area (Å²) in [5, 5.41) is 13.2. The summed E-state index contributed by atoms with van der Waals surface area (Å²) >= 11 is 0. The maximum absolute atomic E-state index is 15.2. The third-order valence-corrected chi connectivity index (χ3v) is 6.53. The van der Waals surface area contributed by atoms with Gasteiger partial charge in [0.15, 0.2) is 13.2 Å². The maximum Gasteiger partial charge on any atom is 0.248 e. The third-order valence-electron chi connectivity index (χ3n) is 6.53. The number of nitrogens with one attached hydrogen (secondary N) is 2. The van der Waals surface area contributed by atoms with Gasteiger partial charge in [-0.1, -0.05) is 6.08 Å². The van der Waals surface area contributed by atoms with E-state index in [1.54, 1.807) is 35.6 Å². The van der Waals surface area contributed by atoms with Crippen LogP contribution in [-0.4, -0.2) is 57.7 Å². The molecule has 0 unspecified atom stereocenters. The Labute approximate surface area is 219 Å². The van der Waals surface area contributed by atoms with Gasteiger partial charge in [0.2, 0.25) is 17.1 Å². The standard InChI is InChI=1S/C28H27FN7O2/c1-3-18-13-21(9-11-36(18)33-4-2)38-20-5-6-23(22(29)14-20)34-28-26-24(31-17-32-28)7-8-25-27(26)37-16-19-15-30-10-12-35(19)25/h3-9,11,13-14,17,30H,10,12,15-16H2,1-2H3,(H,31,32,34)/q+1/b18-3+,33-4-. The normalized spacial score (nSPS) is 17.9. The number of allylic oxidation sites excluding steroid dienone is 3. The molecule has 0 amide bonds. The van der Waals surface area contributed by atoms with Gasteiger partial charge < -0.3 is 20.1 Å². The summed E-state index contributed by atoms with van der Waals surface area (Å²) < 4.78 is 29.6. The van der Waals surface area contributed by atoms with Crippen LogP contribution in [0.15, 0.2) is 77.6 Å². The van der Waals surface area contributed by atoms with Crippen molar-refractivity contribution >= 4 is 40.0 Å². The number of benzene rings is 2. The Balaban J connectivity index is 1.28. The fourth-order valence-electron chi connectivity index (χ4n) is 4.74. The summed E-state index contributed by atoms with van der Waals surface area (Å²) in [5.74, 6) is 1.66. The highest BCUT2D eigenvalue weighted by Crippen LogP contribution is 2.41. The van der Waals surface area contributed by atoms with Crippen LogP contribution in [0.5, 0.6) is 11.5 Å². The van der Waals surface area contributed by atoms with Crippen LogP contribution < -0.4 is 20.1 Å². The van der Waals surface area contributed by atoms with Crippen molar-refractivity contribution in [1.82, 2.24) is 20.3 Å². The molecule has 6 rings (SSSR count). The first-order chi connectivity index (χ1) is 18.6. The Hall–Kier alpha value is -4.57. The first kappa shape index (κ1) is 23.8. The van der Waals surface area contributed by atoms with E-state index in [0.29, 0.717) is 29.7 Å². The average molecular weight is 513 g/mol. The Morgan fingerprint density at radius 3 is 3.00 bits per heavy atom. The van der Waals surface area contributed by atoms with Gasteiger partial charge in [-0.2, -0.15) is 9.68 Å². The third kappa shape index (κ3) is 4.39. The minimum Gasteiger partial charge on any atom is -0.475 e. The number of fused-ring (bicyclic) bond motifs is 4. The number of hydrogen-bond acceptors (Lipinski definition) is 8. The molecule has 0 atom stereocenters. The van der Waals surface area contributed by atoms with Gasteiger partial charge in [-0.3, -0.25) is 0 Å². The van der Waals surface area contributed by atoms with E-state index in [-0.39, 0.29) is 5.69 Å². The molecule has 3 aliphatic rings. The van der Waals surface area contributed by atoms with Crippen LogP contribution in [0, 0.1) is 5.82 Å². The van der Waals surface area contributed by atoms with E-state index >= 15 is 4.39 Å². The Morgan fingerprint density at radius 1 is 1.24 bits per heavy atom. The number of rotatable bonds is 5. The number of nitrogens with zero attached hydrogens (tertiary/aromatic N) is 5. The van der Waals surface area contributed by atoms with Gasteiger partial charge in [-0.05, 0) is 38.1 Å². The van der Waals surface area contributed by atoms with Crippen LogP contribution in [0.4, 0.5) is 21.6 Å². The lowest BCUT2D eigenvalue weighted by molar-refractivity contribution is -0.449. The van der Waals surface area contributed by atoms with Crippen LogP contribution in [0.25, 0.3) is 10.9 Å².